The highest BCUT2D eigenvalue weighted by atomic mass is 79.9. The summed E-state index contributed by atoms with van der Waals surface area (Å²) in [5.74, 6) is 0.102. The molecule has 0 spiro atoms. The van der Waals surface area contributed by atoms with Crippen LogP contribution in [0.15, 0.2) is 22.7 Å². The third-order valence-electron chi connectivity index (χ3n) is 3.62. The van der Waals surface area contributed by atoms with E-state index >= 15 is 0 Å². The molecule has 1 unspecified atom stereocenters. The van der Waals surface area contributed by atoms with Gasteiger partial charge >= 0.3 is 0 Å². The van der Waals surface area contributed by atoms with Crippen molar-refractivity contribution in [2.45, 2.75) is 25.8 Å². The lowest BCUT2D eigenvalue weighted by molar-refractivity contribution is 0.101. The van der Waals surface area contributed by atoms with Gasteiger partial charge in [0.25, 0.3) is 0 Å². The molecule has 2 rings (SSSR count). The highest BCUT2D eigenvalue weighted by Crippen LogP contribution is 2.30. The lowest BCUT2D eigenvalue weighted by Gasteiger charge is -2.29. The number of ketones is 1. The van der Waals surface area contributed by atoms with Crippen LogP contribution in [0.2, 0.25) is 0 Å². The quantitative estimate of drug-likeness (QED) is 0.795. The summed E-state index contributed by atoms with van der Waals surface area (Å²) in [6.45, 7) is 3.78. The summed E-state index contributed by atoms with van der Waals surface area (Å²) in [6.07, 6.45) is 2.48. The fraction of sp³-hybridized carbons (Fsp3) is 0.533. The molecular weight excluding hydrogens is 304 g/mol. The summed E-state index contributed by atoms with van der Waals surface area (Å²) >= 11 is 3.51. The summed E-state index contributed by atoms with van der Waals surface area (Å²) in [6, 6.07) is 6.64. The Labute approximate surface area is 123 Å². The Morgan fingerprint density at radius 3 is 2.79 bits per heavy atom. The molecular formula is C15H21BrN2O. The number of halogens is 1. The van der Waals surface area contributed by atoms with Crippen LogP contribution in [0.3, 0.4) is 0 Å². The van der Waals surface area contributed by atoms with Crippen molar-refractivity contribution in [1.29, 1.82) is 0 Å². The Kier molecular flexibility index (Phi) is 4.63. The molecule has 0 N–H and O–H groups in total. The van der Waals surface area contributed by atoms with Crippen molar-refractivity contribution in [3.8, 4) is 0 Å². The number of hydrogen-bond acceptors (Lipinski definition) is 3. The van der Waals surface area contributed by atoms with E-state index in [1.807, 2.05) is 6.07 Å². The molecule has 0 aromatic heterocycles. The van der Waals surface area contributed by atoms with E-state index in [9.17, 15) is 4.79 Å². The highest BCUT2D eigenvalue weighted by molar-refractivity contribution is 9.10. The molecule has 0 saturated carbocycles. The smallest absolute Gasteiger partial charge is 0.160 e. The van der Waals surface area contributed by atoms with E-state index in [2.05, 4.69) is 52.0 Å². The predicted octanol–water partition coefficient (Wildman–Crippen LogP) is 3.18. The average Bonchev–Trinajstić information content (AvgIpc) is 2.75. The van der Waals surface area contributed by atoms with Gasteiger partial charge in [-0.1, -0.05) is 0 Å². The van der Waals surface area contributed by atoms with Gasteiger partial charge in [0.05, 0.1) is 0 Å². The minimum atomic E-state index is 0.102. The topological polar surface area (TPSA) is 23.6 Å². The van der Waals surface area contributed by atoms with Crippen LogP contribution in [0, 0.1) is 0 Å². The second-order valence-electron chi connectivity index (χ2n) is 5.47. The van der Waals surface area contributed by atoms with E-state index in [1.54, 1.807) is 6.92 Å². The minimum Gasteiger partial charge on any atom is -0.367 e. The fourth-order valence-corrected chi connectivity index (χ4v) is 3.40. The normalized spacial score (nSPS) is 19.2. The number of nitrogens with zero attached hydrogens (tertiary/aromatic N) is 2. The Morgan fingerprint density at radius 1 is 1.47 bits per heavy atom. The monoisotopic (exact) mass is 324 g/mol. The molecule has 1 atom stereocenters. The second-order valence-corrected chi connectivity index (χ2v) is 6.33. The second kappa shape index (κ2) is 6.06. The zero-order valence-corrected chi connectivity index (χ0v) is 13.4. The van der Waals surface area contributed by atoms with Crippen molar-refractivity contribution < 1.29 is 4.79 Å². The number of anilines is 1. The van der Waals surface area contributed by atoms with Gasteiger partial charge in [-0.25, -0.2) is 0 Å². The van der Waals surface area contributed by atoms with E-state index in [1.165, 1.54) is 18.5 Å². The van der Waals surface area contributed by atoms with Gasteiger partial charge in [0.15, 0.2) is 5.78 Å². The first-order valence-electron chi connectivity index (χ1n) is 6.71. The van der Waals surface area contributed by atoms with Crippen molar-refractivity contribution in [3.05, 3.63) is 28.2 Å². The van der Waals surface area contributed by atoms with Crippen LogP contribution in [0.5, 0.6) is 0 Å². The van der Waals surface area contributed by atoms with Gasteiger partial charge in [-0.3, -0.25) is 4.79 Å². The van der Waals surface area contributed by atoms with Gasteiger partial charge in [-0.15, -0.1) is 0 Å². The van der Waals surface area contributed by atoms with Crippen molar-refractivity contribution in [2.24, 2.45) is 0 Å². The zero-order chi connectivity index (χ0) is 14.0. The molecule has 1 saturated heterocycles. The largest absolute Gasteiger partial charge is 0.367 e. The molecule has 104 valence electrons. The number of hydrogen-bond donors (Lipinski definition) is 0. The molecule has 1 aliphatic heterocycles. The lowest BCUT2D eigenvalue weighted by atomic mass is 10.1. The van der Waals surface area contributed by atoms with Crippen LogP contribution in [0.4, 0.5) is 5.69 Å². The molecule has 19 heavy (non-hydrogen) atoms. The Bertz CT molecular complexity index is 473. The lowest BCUT2D eigenvalue weighted by Crippen LogP contribution is -2.37. The molecule has 0 bridgehead atoms. The van der Waals surface area contributed by atoms with E-state index in [0.29, 0.717) is 6.04 Å². The van der Waals surface area contributed by atoms with E-state index in [-0.39, 0.29) is 5.78 Å². The summed E-state index contributed by atoms with van der Waals surface area (Å²) < 4.78 is 0.896. The number of likely N-dealkylation sites (N-methyl/N-ethyl adjacent to an activating group) is 1. The Balaban J connectivity index is 2.21. The van der Waals surface area contributed by atoms with Crippen molar-refractivity contribution in [2.75, 3.05) is 32.1 Å². The molecule has 0 radical (unpaired) electrons. The molecule has 1 aliphatic rings. The van der Waals surface area contributed by atoms with Gasteiger partial charge in [0.1, 0.15) is 0 Å². The maximum Gasteiger partial charge on any atom is 0.160 e. The van der Waals surface area contributed by atoms with E-state index in [4.69, 9.17) is 0 Å². The third-order valence-corrected chi connectivity index (χ3v) is 4.27. The van der Waals surface area contributed by atoms with Gasteiger partial charge in [-0.05, 0) is 68.0 Å². The Morgan fingerprint density at radius 2 is 2.21 bits per heavy atom. The van der Waals surface area contributed by atoms with Crippen molar-refractivity contribution >= 4 is 27.4 Å². The minimum absolute atomic E-state index is 0.102. The van der Waals surface area contributed by atoms with Crippen LogP contribution in [-0.4, -0.2) is 43.9 Å². The summed E-state index contributed by atoms with van der Waals surface area (Å²) in [7, 11) is 4.23. The summed E-state index contributed by atoms with van der Waals surface area (Å²) in [4.78, 5) is 16.1. The summed E-state index contributed by atoms with van der Waals surface area (Å²) in [5.41, 5.74) is 1.97. The van der Waals surface area contributed by atoms with Gasteiger partial charge in [0.2, 0.25) is 0 Å². The Hall–Kier alpha value is -0.870. The van der Waals surface area contributed by atoms with Gasteiger partial charge < -0.3 is 9.80 Å². The molecule has 0 aliphatic carbocycles. The summed E-state index contributed by atoms with van der Waals surface area (Å²) in [5, 5.41) is 0. The maximum absolute atomic E-state index is 11.5. The standard InChI is InChI=1S/C15H21BrN2O/c1-11(19)14-7-6-12(9-15(14)16)18-8-4-5-13(18)10-17(2)3/h6-7,9,13H,4-5,8,10H2,1-3H3. The van der Waals surface area contributed by atoms with Crippen LogP contribution in [0.25, 0.3) is 0 Å². The molecule has 4 heteroatoms. The van der Waals surface area contributed by atoms with Crippen LogP contribution in [-0.2, 0) is 0 Å². The first-order valence-corrected chi connectivity index (χ1v) is 7.50. The number of benzene rings is 1. The number of rotatable bonds is 4. The average molecular weight is 325 g/mol. The van der Waals surface area contributed by atoms with E-state index in [0.717, 1.165) is 23.1 Å². The number of Topliss-reactive ketones (excluding diaryl/α,β-unsaturated/α-hetero) is 1. The third kappa shape index (κ3) is 3.37. The zero-order valence-electron chi connectivity index (χ0n) is 11.8. The highest BCUT2D eigenvalue weighted by Gasteiger charge is 2.25. The maximum atomic E-state index is 11.5. The van der Waals surface area contributed by atoms with Gasteiger partial charge in [0, 0.05) is 34.9 Å². The number of carbonyl (C=O) groups excluding carboxylic acids is 1. The predicted molar refractivity (Wildman–Crippen MR) is 83.1 cm³/mol. The molecule has 3 nitrogen and oxygen atoms in total. The molecule has 1 fully saturated rings. The fourth-order valence-electron chi connectivity index (χ4n) is 2.76. The van der Waals surface area contributed by atoms with Crippen LogP contribution in [0.1, 0.15) is 30.1 Å². The SMILES string of the molecule is CC(=O)c1ccc(N2CCCC2CN(C)C)cc1Br. The van der Waals surface area contributed by atoms with Crippen molar-refractivity contribution in [3.63, 3.8) is 0 Å². The van der Waals surface area contributed by atoms with Crippen LogP contribution < -0.4 is 4.90 Å². The first-order chi connectivity index (χ1) is 8.99. The number of carbonyl (C=O) groups is 1. The molecule has 1 aromatic rings. The van der Waals surface area contributed by atoms with E-state index < -0.39 is 0 Å². The van der Waals surface area contributed by atoms with Gasteiger partial charge in [-0.2, -0.15) is 0 Å². The van der Waals surface area contributed by atoms with Crippen molar-refractivity contribution in [1.82, 2.24) is 4.90 Å². The first kappa shape index (κ1) is 14.5. The van der Waals surface area contributed by atoms with Crippen LogP contribution >= 0.6 is 15.9 Å². The molecule has 0 amide bonds. The molecule has 1 heterocycles. The molecule has 1 aromatic carbocycles.